The van der Waals surface area contributed by atoms with Crippen molar-refractivity contribution in [1.82, 2.24) is 0 Å². The molecule has 0 radical (unpaired) electrons. The van der Waals surface area contributed by atoms with Crippen LogP contribution in [0.3, 0.4) is 0 Å². The third kappa shape index (κ3) is 16.2. The number of alkyl halides is 1. The Morgan fingerprint density at radius 1 is 0.952 bits per heavy atom. The highest BCUT2D eigenvalue weighted by Crippen LogP contribution is 2.13. The minimum Gasteiger partial charge on any atom is -0.465 e. The standard InChI is InChI=1S/C18H35BrO2/c1-3-4-5-6-7-8-10-13-17(2)16-21-18(20)14-11-9-12-15-19/h17H,3-16H2,1-2H3. The molecular formula is C18H35BrO2. The topological polar surface area (TPSA) is 26.3 Å². The van der Waals surface area contributed by atoms with Gasteiger partial charge in [-0.25, -0.2) is 0 Å². The molecule has 21 heavy (non-hydrogen) atoms. The summed E-state index contributed by atoms with van der Waals surface area (Å²) in [7, 11) is 0. The van der Waals surface area contributed by atoms with E-state index in [1.54, 1.807) is 0 Å². The van der Waals surface area contributed by atoms with E-state index in [1.807, 2.05) is 0 Å². The van der Waals surface area contributed by atoms with Gasteiger partial charge < -0.3 is 4.74 Å². The molecule has 0 spiro atoms. The number of halogens is 1. The summed E-state index contributed by atoms with van der Waals surface area (Å²) in [5, 5.41) is 1.03. The van der Waals surface area contributed by atoms with E-state index in [0.717, 1.165) is 24.6 Å². The zero-order chi connectivity index (χ0) is 15.8. The highest BCUT2D eigenvalue weighted by Gasteiger charge is 2.07. The largest absolute Gasteiger partial charge is 0.465 e. The van der Waals surface area contributed by atoms with E-state index in [9.17, 15) is 4.79 Å². The lowest BCUT2D eigenvalue weighted by Gasteiger charge is -2.12. The summed E-state index contributed by atoms with van der Waals surface area (Å²) in [6.07, 6.45) is 14.4. The van der Waals surface area contributed by atoms with Gasteiger partial charge in [0.05, 0.1) is 6.61 Å². The van der Waals surface area contributed by atoms with Crippen LogP contribution in [0.5, 0.6) is 0 Å². The molecule has 1 atom stereocenters. The predicted molar refractivity (Wildman–Crippen MR) is 95.0 cm³/mol. The quantitative estimate of drug-likeness (QED) is 0.195. The molecule has 3 heteroatoms. The monoisotopic (exact) mass is 362 g/mol. The fourth-order valence-electron chi connectivity index (χ4n) is 2.38. The molecule has 0 aliphatic carbocycles. The van der Waals surface area contributed by atoms with Gasteiger partial charge in [-0.1, -0.05) is 81.1 Å². The summed E-state index contributed by atoms with van der Waals surface area (Å²) in [5.41, 5.74) is 0. The van der Waals surface area contributed by atoms with Crippen LogP contribution < -0.4 is 0 Å². The van der Waals surface area contributed by atoms with Crippen LogP contribution in [-0.2, 0) is 9.53 Å². The van der Waals surface area contributed by atoms with Crippen molar-refractivity contribution in [3.05, 3.63) is 0 Å². The minimum absolute atomic E-state index is 0.0176. The molecule has 0 bridgehead atoms. The molecule has 0 heterocycles. The molecule has 0 aliphatic rings. The summed E-state index contributed by atoms with van der Waals surface area (Å²) in [4.78, 5) is 11.6. The van der Waals surface area contributed by atoms with Gasteiger partial charge in [-0.05, 0) is 25.2 Å². The number of unbranched alkanes of at least 4 members (excludes halogenated alkanes) is 8. The van der Waals surface area contributed by atoms with Gasteiger partial charge in [-0.3, -0.25) is 4.79 Å². The van der Waals surface area contributed by atoms with Crippen LogP contribution in [0.25, 0.3) is 0 Å². The Kier molecular flexibility index (Phi) is 16.3. The maximum atomic E-state index is 11.6. The zero-order valence-corrected chi connectivity index (χ0v) is 15.8. The zero-order valence-electron chi connectivity index (χ0n) is 14.2. The van der Waals surface area contributed by atoms with E-state index in [4.69, 9.17) is 4.74 Å². The van der Waals surface area contributed by atoms with Crippen molar-refractivity contribution in [3.8, 4) is 0 Å². The van der Waals surface area contributed by atoms with Crippen molar-refractivity contribution < 1.29 is 9.53 Å². The van der Waals surface area contributed by atoms with Crippen LogP contribution in [0.4, 0.5) is 0 Å². The van der Waals surface area contributed by atoms with Crippen molar-refractivity contribution in [1.29, 1.82) is 0 Å². The summed E-state index contributed by atoms with van der Waals surface area (Å²) in [6.45, 7) is 5.05. The van der Waals surface area contributed by atoms with Gasteiger partial charge in [-0.2, -0.15) is 0 Å². The first-order valence-electron chi connectivity index (χ1n) is 8.92. The van der Waals surface area contributed by atoms with Crippen LogP contribution in [0.2, 0.25) is 0 Å². The lowest BCUT2D eigenvalue weighted by atomic mass is 10.0. The Balaban J connectivity index is 3.32. The molecule has 0 saturated carbocycles. The highest BCUT2D eigenvalue weighted by molar-refractivity contribution is 9.09. The van der Waals surface area contributed by atoms with Crippen LogP contribution in [-0.4, -0.2) is 17.9 Å². The highest BCUT2D eigenvalue weighted by atomic mass is 79.9. The molecule has 0 aromatic carbocycles. The molecule has 0 N–H and O–H groups in total. The predicted octanol–water partition coefficient (Wildman–Crippen LogP) is 6.26. The van der Waals surface area contributed by atoms with Crippen molar-refractivity contribution in [3.63, 3.8) is 0 Å². The lowest BCUT2D eigenvalue weighted by molar-refractivity contribution is -0.145. The van der Waals surface area contributed by atoms with Gasteiger partial charge in [0.1, 0.15) is 0 Å². The summed E-state index contributed by atoms with van der Waals surface area (Å²) in [5.74, 6) is 0.489. The molecule has 126 valence electrons. The first-order valence-corrected chi connectivity index (χ1v) is 10.0. The van der Waals surface area contributed by atoms with Crippen LogP contribution in [0.1, 0.15) is 90.9 Å². The Morgan fingerprint density at radius 3 is 2.24 bits per heavy atom. The van der Waals surface area contributed by atoms with Crippen LogP contribution in [0, 0.1) is 5.92 Å². The molecule has 0 saturated heterocycles. The Labute approximate surface area is 140 Å². The van der Waals surface area contributed by atoms with Gasteiger partial charge in [0.15, 0.2) is 0 Å². The molecule has 0 fully saturated rings. The number of hydrogen-bond acceptors (Lipinski definition) is 2. The number of esters is 1. The average molecular weight is 363 g/mol. The lowest BCUT2D eigenvalue weighted by Crippen LogP contribution is -2.11. The van der Waals surface area contributed by atoms with E-state index >= 15 is 0 Å². The van der Waals surface area contributed by atoms with Gasteiger partial charge >= 0.3 is 5.97 Å². The molecular weight excluding hydrogens is 328 g/mol. The van der Waals surface area contributed by atoms with E-state index in [2.05, 4.69) is 29.8 Å². The fourth-order valence-corrected chi connectivity index (χ4v) is 2.78. The van der Waals surface area contributed by atoms with E-state index < -0.39 is 0 Å². The molecule has 1 unspecified atom stereocenters. The summed E-state index contributed by atoms with van der Waals surface area (Å²) >= 11 is 3.40. The first-order chi connectivity index (χ1) is 10.2. The van der Waals surface area contributed by atoms with Crippen molar-refractivity contribution >= 4 is 21.9 Å². The Morgan fingerprint density at radius 2 is 1.57 bits per heavy atom. The Bertz CT molecular complexity index is 231. The van der Waals surface area contributed by atoms with Gasteiger partial charge in [0, 0.05) is 11.8 Å². The van der Waals surface area contributed by atoms with E-state index in [0.29, 0.717) is 18.9 Å². The van der Waals surface area contributed by atoms with Crippen molar-refractivity contribution in [2.24, 2.45) is 5.92 Å². The number of ether oxygens (including phenoxy) is 1. The van der Waals surface area contributed by atoms with Gasteiger partial charge in [-0.15, -0.1) is 0 Å². The fraction of sp³-hybridized carbons (Fsp3) is 0.944. The third-order valence-corrected chi connectivity index (χ3v) is 4.40. The van der Waals surface area contributed by atoms with Crippen LogP contribution >= 0.6 is 15.9 Å². The number of rotatable bonds is 15. The number of hydrogen-bond donors (Lipinski definition) is 0. The first kappa shape index (κ1) is 20.9. The summed E-state index contributed by atoms with van der Waals surface area (Å²) < 4.78 is 5.34. The second kappa shape index (κ2) is 16.3. The smallest absolute Gasteiger partial charge is 0.305 e. The summed E-state index contributed by atoms with van der Waals surface area (Å²) in [6, 6.07) is 0. The van der Waals surface area contributed by atoms with E-state index in [-0.39, 0.29) is 5.97 Å². The second-order valence-corrected chi connectivity index (χ2v) is 6.99. The molecule has 0 amide bonds. The molecule has 2 nitrogen and oxygen atoms in total. The maximum Gasteiger partial charge on any atom is 0.305 e. The minimum atomic E-state index is -0.0176. The van der Waals surface area contributed by atoms with Crippen LogP contribution in [0.15, 0.2) is 0 Å². The second-order valence-electron chi connectivity index (χ2n) is 6.20. The molecule has 0 rings (SSSR count). The normalized spacial score (nSPS) is 12.3. The number of carbonyl (C=O) groups is 1. The SMILES string of the molecule is CCCCCCCCCC(C)COC(=O)CCCCCBr. The Hall–Kier alpha value is -0.0500. The molecule has 0 aromatic heterocycles. The molecule has 0 aromatic rings. The molecule has 0 aliphatic heterocycles. The average Bonchev–Trinajstić information content (AvgIpc) is 2.48. The van der Waals surface area contributed by atoms with Crippen molar-refractivity contribution in [2.45, 2.75) is 90.9 Å². The van der Waals surface area contributed by atoms with Crippen molar-refractivity contribution in [2.75, 3.05) is 11.9 Å². The van der Waals surface area contributed by atoms with E-state index in [1.165, 1.54) is 51.4 Å². The maximum absolute atomic E-state index is 11.6. The van der Waals surface area contributed by atoms with Gasteiger partial charge in [0.2, 0.25) is 0 Å². The number of carbonyl (C=O) groups excluding carboxylic acids is 1. The third-order valence-electron chi connectivity index (χ3n) is 3.84. The van der Waals surface area contributed by atoms with Gasteiger partial charge in [0.25, 0.3) is 0 Å².